The van der Waals surface area contributed by atoms with Crippen LogP contribution >= 0.6 is 0 Å². The van der Waals surface area contributed by atoms with Crippen LogP contribution in [0.25, 0.3) is 0 Å². The van der Waals surface area contributed by atoms with E-state index in [1.807, 2.05) is 11.6 Å². The number of rotatable bonds is 7. The maximum Gasteiger partial charge on any atom is 0.0597 e. The fourth-order valence-corrected chi connectivity index (χ4v) is 1.96. The molecule has 1 atom stereocenters. The lowest BCUT2D eigenvalue weighted by Crippen LogP contribution is -2.42. The molecule has 0 spiro atoms. The number of aliphatic hydroxyl groups is 1. The minimum atomic E-state index is 0.00545. The number of hydrogen-bond donors (Lipinski definition) is 2. The molecule has 0 saturated heterocycles. The Morgan fingerprint density at radius 3 is 2.71 bits per heavy atom. The quantitative estimate of drug-likeness (QED) is 0.763. The van der Waals surface area contributed by atoms with Crippen LogP contribution in [0.2, 0.25) is 0 Å². The van der Waals surface area contributed by atoms with Crippen molar-refractivity contribution in [3.05, 3.63) is 17.5 Å². The summed E-state index contributed by atoms with van der Waals surface area (Å²) in [5, 5.41) is 17.0. The molecular formula is C13H25N3O. The third-order valence-corrected chi connectivity index (χ3v) is 3.43. The molecule has 17 heavy (non-hydrogen) atoms. The molecule has 98 valence electrons. The van der Waals surface area contributed by atoms with Gasteiger partial charge in [-0.3, -0.25) is 4.68 Å². The molecule has 0 bridgehead atoms. The first-order valence-electron chi connectivity index (χ1n) is 6.44. The summed E-state index contributed by atoms with van der Waals surface area (Å²) in [6, 6.07) is 2.12. The van der Waals surface area contributed by atoms with Crippen molar-refractivity contribution in [2.45, 2.75) is 59.2 Å². The highest BCUT2D eigenvalue weighted by Crippen LogP contribution is 2.15. The maximum atomic E-state index is 9.08. The number of hydrogen-bond acceptors (Lipinski definition) is 3. The average molecular weight is 239 g/mol. The van der Waals surface area contributed by atoms with Crippen molar-refractivity contribution >= 4 is 0 Å². The second-order valence-electron chi connectivity index (χ2n) is 4.83. The highest BCUT2D eigenvalue weighted by atomic mass is 16.3. The van der Waals surface area contributed by atoms with Gasteiger partial charge in [0.15, 0.2) is 0 Å². The van der Waals surface area contributed by atoms with Gasteiger partial charge in [0.25, 0.3) is 0 Å². The Bertz CT molecular complexity index is 348. The molecule has 0 saturated carbocycles. The number of aliphatic hydroxyl groups excluding tert-OH is 1. The predicted octanol–water partition coefficient (Wildman–Crippen LogP) is 1.85. The molecule has 1 heterocycles. The van der Waals surface area contributed by atoms with Crippen LogP contribution in [0.5, 0.6) is 0 Å². The third kappa shape index (κ3) is 3.82. The lowest BCUT2D eigenvalue weighted by atomic mass is 9.95. The van der Waals surface area contributed by atoms with Gasteiger partial charge >= 0.3 is 0 Å². The smallest absolute Gasteiger partial charge is 0.0597 e. The van der Waals surface area contributed by atoms with Crippen molar-refractivity contribution in [3.63, 3.8) is 0 Å². The summed E-state index contributed by atoms with van der Waals surface area (Å²) in [4.78, 5) is 0. The fraction of sp³-hybridized carbons (Fsp3) is 0.769. The van der Waals surface area contributed by atoms with Crippen molar-refractivity contribution in [1.29, 1.82) is 0 Å². The predicted molar refractivity (Wildman–Crippen MR) is 69.9 cm³/mol. The highest BCUT2D eigenvalue weighted by Gasteiger charge is 2.20. The number of nitrogens with zero attached hydrogens (tertiary/aromatic N) is 2. The van der Waals surface area contributed by atoms with Crippen molar-refractivity contribution < 1.29 is 5.11 Å². The Morgan fingerprint density at radius 1 is 1.47 bits per heavy atom. The highest BCUT2D eigenvalue weighted by molar-refractivity contribution is 5.09. The summed E-state index contributed by atoms with van der Waals surface area (Å²) in [7, 11) is 0. The monoisotopic (exact) mass is 239 g/mol. The first-order chi connectivity index (χ1) is 8.04. The van der Waals surface area contributed by atoms with Crippen molar-refractivity contribution in [2.24, 2.45) is 0 Å². The first-order valence-corrected chi connectivity index (χ1v) is 6.44. The molecule has 4 nitrogen and oxygen atoms in total. The zero-order chi connectivity index (χ0) is 12.9. The molecule has 0 aliphatic heterocycles. The molecule has 2 N–H and O–H groups in total. The van der Waals surface area contributed by atoms with Gasteiger partial charge in [-0.05, 0) is 39.7 Å². The van der Waals surface area contributed by atoms with Gasteiger partial charge in [0.1, 0.15) is 0 Å². The van der Waals surface area contributed by atoms with Crippen LogP contribution < -0.4 is 5.32 Å². The normalized spacial score (nSPS) is 14.9. The van der Waals surface area contributed by atoms with E-state index in [1.165, 1.54) is 5.69 Å². The van der Waals surface area contributed by atoms with Gasteiger partial charge in [-0.2, -0.15) is 5.10 Å². The summed E-state index contributed by atoms with van der Waals surface area (Å²) < 4.78 is 2.03. The van der Waals surface area contributed by atoms with Crippen LogP contribution in [0.1, 0.15) is 45.0 Å². The molecule has 0 amide bonds. The van der Waals surface area contributed by atoms with Crippen LogP contribution in [-0.4, -0.2) is 27.0 Å². The van der Waals surface area contributed by atoms with Crippen LogP contribution in [0.4, 0.5) is 0 Å². The molecule has 0 radical (unpaired) electrons. The van der Waals surface area contributed by atoms with E-state index in [9.17, 15) is 0 Å². The zero-order valence-corrected chi connectivity index (χ0v) is 11.5. The molecule has 0 aliphatic carbocycles. The molecular weight excluding hydrogens is 214 g/mol. The van der Waals surface area contributed by atoms with Crippen LogP contribution in [0, 0.1) is 6.92 Å². The van der Waals surface area contributed by atoms with E-state index in [4.69, 9.17) is 5.11 Å². The zero-order valence-electron chi connectivity index (χ0n) is 11.5. The van der Waals surface area contributed by atoms with Crippen LogP contribution in [-0.2, 0) is 13.1 Å². The summed E-state index contributed by atoms with van der Waals surface area (Å²) in [5.41, 5.74) is 2.28. The minimum Gasteiger partial charge on any atom is -0.396 e. The van der Waals surface area contributed by atoms with Gasteiger partial charge in [-0.25, -0.2) is 0 Å². The second-order valence-corrected chi connectivity index (χ2v) is 4.83. The SMILES string of the molecule is CCn1nc(C)cc1CNC(C)(CC)CCO. The lowest BCUT2D eigenvalue weighted by molar-refractivity contribution is 0.213. The average Bonchev–Trinajstić information content (AvgIpc) is 2.67. The van der Waals surface area contributed by atoms with Crippen LogP contribution in [0.15, 0.2) is 6.07 Å². The summed E-state index contributed by atoms with van der Waals surface area (Å²) in [6.07, 6.45) is 1.79. The lowest BCUT2D eigenvalue weighted by Gasteiger charge is -2.29. The third-order valence-electron chi connectivity index (χ3n) is 3.43. The van der Waals surface area contributed by atoms with Crippen molar-refractivity contribution in [2.75, 3.05) is 6.61 Å². The largest absolute Gasteiger partial charge is 0.396 e. The summed E-state index contributed by atoms with van der Waals surface area (Å²) in [5.74, 6) is 0. The Balaban J connectivity index is 2.65. The first kappa shape index (κ1) is 14.2. The fourth-order valence-electron chi connectivity index (χ4n) is 1.96. The molecule has 0 fully saturated rings. The van der Waals surface area contributed by atoms with Crippen molar-refractivity contribution in [1.82, 2.24) is 15.1 Å². The van der Waals surface area contributed by atoms with Gasteiger partial charge in [0.2, 0.25) is 0 Å². The second kappa shape index (κ2) is 6.17. The standard InChI is InChI=1S/C13H25N3O/c1-5-13(4,7-8-17)14-10-12-9-11(3)15-16(12)6-2/h9,14,17H,5-8,10H2,1-4H3. The van der Waals surface area contributed by atoms with Gasteiger partial charge in [-0.1, -0.05) is 6.92 Å². The van der Waals surface area contributed by atoms with Crippen molar-refractivity contribution in [3.8, 4) is 0 Å². The molecule has 4 heteroatoms. The molecule has 0 aromatic carbocycles. The minimum absolute atomic E-state index is 0.00545. The topological polar surface area (TPSA) is 50.1 Å². The Kier molecular flexibility index (Phi) is 5.15. The van der Waals surface area contributed by atoms with Gasteiger partial charge < -0.3 is 10.4 Å². The molecule has 1 unspecified atom stereocenters. The Labute approximate surface area is 104 Å². The molecule has 1 aromatic rings. The Morgan fingerprint density at radius 2 is 2.18 bits per heavy atom. The summed E-state index contributed by atoms with van der Waals surface area (Å²) in [6.45, 7) is 10.3. The number of nitrogens with one attached hydrogen (secondary N) is 1. The summed E-state index contributed by atoms with van der Waals surface area (Å²) >= 11 is 0. The van der Waals surface area contributed by atoms with Gasteiger partial charge in [0, 0.05) is 25.2 Å². The van der Waals surface area contributed by atoms with E-state index in [0.29, 0.717) is 0 Å². The van der Waals surface area contributed by atoms with E-state index in [2.05, 4.69) is 37.3 Å². The molecule has 1 rings (SSSR count). The van der Waals surface area contributed by atoms with E-state index in [-0.39, 0.29) is 12.1 Å². The Hall–Kier alpha value is -0.870. The molecule has 0 aliphatic rings. The maximum absolute atomic E-state index is 9.08. The van der Waals surface area contributed by atoms with Gasteiger partial charge in [0.05, 0.1) is 11.4 Å². The number of aromatic nitrogens is 2. The molecule has 1 aromatic heterocycles. The number of aryl methyl sites for hydroxylation is 2. The van der Waals surface area contributed by atoms with E-state index in [1.54, 1.807) is 0 Å². The van der Waals surface area contributed by atoms with Gasteiger partial charge in [-0.15, -0.1) is 0 Å². The van der Waals surface area contributed by atoms with E-state index >= 15 is 0 Å². The van der Waals surface area contributed by atoms with Crippen LogP contribution in [0.3, 0.4) is 0 Å². The van der Waals surface area contributed by atoms with E-state index in [0.717, 1.165) is 31.6 Å². The van der Waals surface area contributed by atoms with E-state index < -0.39 is 0 Å².